The van der Waals surface area contributed by atoms with Gasteiger partial charge in [-0.15, -0.1) is 0 Å². The largest absolute Gasteiger partial charge is 0.378 e. The van der Waals surface area contributed by atoms with Crippen LogP contribution in [-0.4, -0.2) is 36.6 Å². The Morgan fingerprint density at radius 1 is 1.22 bits per heavy atom. The third-order valence-electron chi connectivity index (χ3n) is 5.70. The molecule has 0 radical (unpaired) electrons. The molecule has 2 N–H and O–H groups in total. The van der Waals surface area contributed by atoms with Crippen LogP contribution < -0.4 is 10.6 Å². The molecule has 2 aliphatic rings. The van der Waals surface area contributed by atoms with Gasteiger partial charge in [0.25, 0.3) is 5.91 Å². The van der Waals surface area contributed by atoms with E-state index in [2.05, 4.69) is 10.6 Å². The third kappa shape index (κ3) is 5.45. The van der Waals surface area contributed by atoms with Crippen molar-refractivity contribution in [2.24, 2.45) is 11.8 Å². The van der Waals surface area contributed by atoms with Gasteiger partial charge in [0.15, 0.2) is 0 Å². The number of hydrogen-bond donors (Lipinski definition) is 2. The minimum Gasteiger partial charge on any atom is -0.378 e. The average Bonchev–Trinajstić information content (AvgIpc) is 3.51. The molecule has 1 saturated heterocycles. The molecular formula is C21H29ClN2O3. The Hall–Kier alpha value is -1.59. The van der Waals surface area contributed by atoms with Gasteiger partial charge < -0.3 is 15.4 Å². The SMILES string of the molecule is CC[C@H](C)[C@H](NC(=O)c1ccc(Cl)cc1)C(=O)N[C@H]1CCO[C@@H](C2CC2)C1. The standard InChI is InChI=1S/C21H29ClN2O3/c1-3-13(2)19(24-20(25)15-6-8-16(22)9-7-15)21(26)23-17-10-11-27-18(12-17)14-4-5-14/h6-9,13-14,17-19H,3-5,10-12H2,1-2H3,(H,23,26)(H,24,25)/t13-,17-,18+,19-/m0/s1. The first-order valence-electron chi connectivity index (χ1n) is 9.96. The van der Waals surface area contributed by atoms with E-state index >= 15 is 0 Å². The zero-order valence-corrected chi connectivity index (χ0v) is 16.8. The van der Waals surface area contributed by atoms with Crippen LogP contribution in [0.5, 0.6) is 0 Å². The summed E-state index contributed by atoms with van der Waals surface area (Å²) in [5, 5.41) is 6.65. The van der Waals surface area contributed by atoms with Gasteiger partial charge in [-0.2, -0.15) is 0 Å². The van der Waals surface area contributed by atoms with Gasteiger partial charge in [-0.25, -0.2) is 0 Å². The van der Waals surface area contributed by atoms with E-state index in [4.69, 9.17) is 16.3 Å². The molecule has 2 amide bonds. The predicted octanol–water partition coefficient (Wildman–Crippen LogP) is 3.56. The molecule has 1 aliphatic heterocycles. The van der Waals surface area contributed by atoms with Gasteiger partial charge in [0.2, 0.25) is 5.91 Å². The summed E-state index contributed by atoms with van der Waals surface area (Å²) in [6, 6.07) is 6.25. The summed E-state index contributed by atoms with van der Waals surface area (Å²) >= 11 is 5.89. The van der Waals surface area contributed by atoms with Crippen LogP contribution in [0.2, 0.25) is 5.02 Å². The maximum atomic E-state index is 12.9. The van der Waals surface area contributed by atoms with Crippen LogP contribution in [0.1, 0.15) is 56.3 Å². The van der Waals surface area contributed by atoms with Gasteiger partial charge >= 0.3 is 0 Å². The van der Waals surface area contributed by atoms with E-state index in [1.165, 1.54) is 12.8 Å². The van der Waals surface area contributed by atoms with Gasteiger partial charge in [0.05, 0.1) is 6.10 Å². The van der Waals surface area contributed by atoms with E-state index in [0.29, 0.717) is 23.1 Å². The molecule has 148 valence electrons. The van der Waals surface area contributed by atoms with E-state index in [1.807, 2.05) is 13.8 Å². The number of hydrogen-bond acceptors (Lipinski definition) is 3. The van der Waals surface area contributed by atoms with Crippen LogP contribution in [-0.2, 0) is 9.53 Å². The van der Waals surface area contributed by atoms with Crippen molar-refractivity contribution in [2.45, 2.75) is 64.1 Å². The van der Waals surface area contributed by atoms with Gasteiger partial charge in [-0.3, -0.25) is 9.59 Å². The minimum absolute atomic E-state index is 0.0420. The fraction of sp³-hybridized carbons (Fsp3) is 0.619. The molecule has 1 saturated carbocycles. The van der Waals surface area contributed by atoms with Gasteiger partial charge in [-0.05, 0) is 61.8 Å². The number of carbonyl (C=O) groups is 2. The summed E-state index contributed by atoms with van der Waals surface area (Å²) in [4.78, 5) is 25.5. The van der Waals surface area contributed by atoms with Crippen molar-refractivity contribution in [1.29, 1.82) is 0 Å². The lowest BCUT2D eigenvalue weighted by Crippen LogP contribution is -2.54. The Bertz CT molecular complexity index is 660. The molecule has 0 bridgehead atoms. The fourth-order valence-corrected chi connectivity index (χ4v) is 3.70. The van der Waals surface area contributed by atoms with Crippen LogP contribution in [0.25, 0.3) is 0 Å². The Labute approximate surface area is 166 Å². The van der Waals surface area contributed by atoms with Crippen molar-refractivity contribution in [3.05, 3.63) is 34.9 Å². The fourth-order valence-electron chi connectivity index (χ4n) is 3.57. The lowest BCUT2D eigenvalue weighted by Gasteiger charge is -2.32. The highest BCUT2D eigenvalue weighted by atomic mass is 35.5. The summed E-state index contributed by atoms with van der Waals surface area (Å²) in [5.41, 5.74) is 0.500. The van der Waals surface area contributed by atoms with Crippen molar-refractivity contribution in [3.8, 4) is 0 Å². The lowest BCUT2D eigenvalue weighted by molar-refractivity contribution is -0.126. The van der Waals surface area contributed by atoms with Gasteiger partial charge in [0.1, 0.15) is 6.04 Å². The highest BCUT2D eigenvalue weighted by Crippen LogP contribution is 2.38. The van der Waals surface area contributed by atoms with E-state index in [-0.39, 0.29) is 29.9 Å². The van der Waals surface area contributed by atoms with Gasteiger partial charge in [-0.1, -0.05) is 31.9 Å². The van der Waals surface area contributed by atoms with Crippen molar-refractivity contribution in [1.82, 2.24) is 10.6 Å². The minimum atomic E-state index is -0.555. The Morgan fingerprint density at radius 2 is 1.93 bits per heavy atom. The number of halogens is 1. The molecule has 1 aromatic rings. The summed E-state index contributed by atoms with van der Waals surface area (Å²) in [6.45, 7) is 4.71. The van der Waals surface area contributed by atoms with Crippen LogP contribution in [0, 0.1) is 11.8 Å². The molecule has 4 atom stereocenters. The van der Waals surface area contributed by atoms with Crippen LogP contribution in [0.15, 0.2) is 24.3 Å². The monoisotopic (exact) mass is 392 g/mol. The molecule has 1 heterocycles. The first kappa shape index (κ1) is 20.2. The molecule has 3 rings (SSSR count). The molecule has 27 heavy (non-hydrogen) atoms. The molecule has 6 heteroatoms. The van der Waals surface area contributed by atoms with Crippen LogP contribution in [0.4, 0.5) is 0 Å². The molecule has 0 spiro atoms. The quantitative estimate of drug-likeness (QED) is 0.745. The zero-order valence-electron chi connectivity index (χ0n) is 16.0. The van der Waals surface area contributed by atoms with Crippen molar-refractivity contribution in [2.75, 3.05) is 6.61 Å². The molecule has 5 nitrogen and oxygen atoms in total. The van der Waals surface area contributed by atoms with E-state index in [1.54, 1.807) is 24.3 Å². The second kappa shape index (κ2) is 9.07. The maximum Gasteiger partial charge on any atom is 0.251 e. The highest BCUT2D eigenvalue weighted by Gasteiger charge is 2.37. The van der Waals surface area contributed by atoms with Gasteiger partial charge in [0, 0.05) is 23.2 Å². The topological polar surface area (TPSA) is 67.4 Å². The number of benzene rings is 1. The maximum absolute atomic E-state index is 12.9. The Balaban J connectivity index is 1.61. The smallest absolute Gasteiger partial charge is 0.251 e. The molecule has 0 aromatic heterocycles. The Kier molecular flexibility index (Phi) is 6.77. The normalized spacial score (nSPS) is 24.7. The predicted molar refractivity (Wildman–Crippen MR) is 106 cm³/mol. The Morgan fingerprint density at radius 3 is 2.56 bits per heavy atom. The second-order valence-electron chi connectivity index (χ2n) is 7.82. The average molecular weight is 393 g/mol. The summed E-state index contributed by atoms with van der Waals surface area (Å²) in [7, 11) is 0. The number of carbonyl (C=O) groups excluding carboxylic acids is 2. The van der Waals surface area contributed by atoms with E-state index in [0.717, 1.165) is 19.3 Å². The van der Waals surface area contributed by atoms with Crippen molar-refractivity contribution < 1.29 is 14.3 Å². The van der Waals surface area contributed by atoms with Crippen LogP contribution >= 0.6 is 11.6 Å². The van der Waals surface area contributed by atoms with Crippen molar-refractivity contribution >= 4 is 23.4 Å². The number of amides is 2. The molecule has 2 fully saturated rings. The summed E-state index contributed by atoms with van der Waals surface area (Å²) < 4.78 is 5.84. The number of ether oxygens (including phenoxy) is 1. The van der Waals surface area contributed by atoms with E-state index < -0.39 is 6.04 Å². The number of rotatable bonds is 7. The van der Waals surface area contributed by atoms with Crippen LogP contribution in [0.3, 0.4) is 0 Å². The highest BCUT2D eigenvalue weighted by molar-refractivity contribution is 6.30. The summed E-state index contributed by atoms with van der Waals surface area (Å²) in [5.74, 6) is 0.350. The molecule has 1 aromatic carbocycles. The first-order chi connectivity index (χ1) is 13.0. The molecule has 1 aliphatic carbocycles. The second-order valence-corrected chi connectivity index (χ2v) is 8.26. The molecule has 0 unspecified atom stereocenters. The van der Waals surface area contributed by atoms with Crippen molar-refractivity contribution in [3.63, 3.8) is 0 Å². The first-order valence-corrected chi connectivity index (χ1v) is 10.3. The molecular weight excluding hydrogens is 364 g/mol. The third-order valence-corrected chi connectivity index (χ3v) is 5.95. The lowest BCUT2D eigenvalue weighted by atomic mass is 9.95. The number of nitrogens with one attached hydrogen (secondary N) is 2. The zero-order chi connectivity index (χ0) is 19.4. The van der Waals surface area contributed by atoms with E-state index in [9.17, 15) is 9.59 Å². The summed E-state index contributed by atoms with van der Waals surface area (Å²) in [6.07, 6.45) is 5.24.